The molecule has 0 atom stereocenters. The van der Waals surface area contributed by atoms with Crippen LogP contribution in [0.3, 0.4) is 0 Å². The molecule has 1 aliphatic rings. The van der Waals surface area contributed by atoms with E-state index < -0.39 is 0 Å². The van der Waals surface area contributed by atoms with Crippen LogP contribution >= 0.6 is 0 Å². The van der Waals surface area contributed by atoms with Crippen molar-refractivity contribution < 1.29 is 14.3 Å². The average molecular weight is 249 g/mol. The van der Waals surface area contributed by atoms with Gasteiger partial charge < -0.3 is 9.47 Å². The second-order valence-corrected chi connectivity index (χ2v) is 4.45. The maximum Gasteiger partial charge on any atom is 0.150 e. The summed E-state index contributed by atoms with van der Waals surface area (Å²) >= 11 is 0. The largest absolute Gasteiger partial charge is 0.492 e. The third-order valence-corrected chi connectivity index (χ3v) is 3.10. The number of hydrogen-bond acceptors (Lipinski definition) is 4. The minimum Gasteiger partial charge on any atom is -0.492 e. The maximum atomic E-state index is 10.6. The highest BCUT2D eigenvalue weighted by Gasteiger charge is 2.10. The Kier molecular flexibility index (Phi) is 4.73. The van der Waals surface area contributed by atoms with Crippen molar-refractivity contribution in [2.24, 2.45) is 0 Å². The average Bonchev–Trinajstić information content (AvgIpc) is 2.42. The van der Waals surface area contributed by atoms with Crippen molar-refractivity contribution in [1.29, 1.82) is 0 Å². The van der Waals surface area contributed by atoms with Crippen molar-refractivity contribution in [3.8, 4) is 5.75 Å². The molecule has 2 rings (SSSR count). The van der Waals surface area contributed by atoms with Crippen LogP contribution < -0.4 is 4.74 Å². The van der Waals surface area contributed by atoms with Gasteiger partial charge in [-0.25, -0.2) is 0 Å². The monoisotopic (exact) mass is 249 g/mol. The summed E-state index contributed by atoms with van der Waals surface area (Å²) in [5.41, 5.74) is 1.69. The summed E-state index contributed by atoms with van der Waals surface area (Å²) in [5.74, 6) is 0.855. The molecule has 0 aromatic heterocycles. The van der Waals surface area contributed by atoms with Crippen molar-refractivity contribution in [3.63, 3.8) is 0 Å². The van der Waals surface area contributed by atoms with Crippen molar-refractivity contribution in [1.82, 2.24) is 4.90 Å². The molecule has 1 aromatic carbocycles. The molecule has 1 aromatic rings. The van der Waals surface area contributed by atoms with Crippen LogP contribution in [0, 0.1) is 6.92 Å². The van der Waals surface area contributed by atoms with E-state index in [-0.39, 0.29) is 0 Å². The van der Waals surface area contributed by atoms with Gasteiger partial charge in [0, 0.05) is 25.2 Å². The fraction of sp³-hybridized carbons (Fsp3) is 0.500. The van der Waals surface area contributed by atoms with Crippen molar-refractivity contribution in [2.75, 3.05) is 39.5 Å². The Morgan fingerprint density at radius 1 is 1.39 bits per heavy atom. The lowest BCUT2D eigenvalue weighted by molar-refractivity contribution is 0.0322. The summed E-state index contributed by atoms with van der Waals surface area (Å²) < 4.78 is 11.0. The Morgan fingerprint density at radius 3 is 2.83 bits per heavy atom. The number of aldehydes is 1. The van der Waals surface area contributed by atoms with E-state index in [2.05, 4.69) is 4.90 Å². The van der Waals surface area contributed by atoms with Crippen LogP contribution in [0.4, 0.5) is 0 Å². The van der Waals surface area contributed by atoms with Crippen LogP contribution in [0.5, 0.6) is 5.75 Å². The highest BCUT2D eigenvalue weighted by atomic mass is 16.5. The van der Waals surface area contributed by atoms with Gasteiger partial charge in [-0.05, 0) is 30.7 Å². The molecule has 4 nitrogen and oxygen atoms in total. The first kappa shape index (κ1) is 13.1. The zero-order chi connectivity index (χ0) is 12.8. The summed E-state index contributed by atoms with van der Waals surface area (Å²) in [6, 6.07) is 5.49. The highest BCUT2D eigenvalue weighted by molar-refractivity contribution is 5.75. The lowest BCUT2D eigenvalue weighted by Gasteiger charge is -2.26. The summed E-state index contributed by atoms with van der Waals surface area (Å²) in [4.78, 5) is 13.0. The van der Waals surface area contributed by atoms with E-state index in [0.29, 0.717) is 12.2 Å². The van der Waals surface area contributed by atoms with Crippen LogP contribution in [0.25, 0.3) is 0 Å². The molecule has 0 N–H and O–H groups in total. The smallest absolute Gasteiger partial charge is 0.150 e. The van der Waals surface area contributed by atoms with Crippen LogP contribution in [0.15, 0.2) is 18.2 Å². The zero-order valence-electron chi connectivity index (χ0n) is 10.7. The third kappa shape index (κ3) is 3.55. The van der Waals surface area contributed by atoms with Crippen LogP contribution in [0.2, 0.25) is 0 Å². The van der Waals surface area contributed by atoms with Crippen LogP contribution in [0.1, 0.15) is 15.9 Å². The van der Waals surface area contributed by atoms with E-state index in [4.69, 9.17) is 9.47 Å². The number of carbonyl (C=O) groups is 1. The van der Waals surface area contributed by atoms with Crippen LogP contribution in [-0.2, 0) is 4.74 Å². The predicted octanol–water partition coefficient (Wildman–Crippen LogP) is 1.52. The second-order valence-electron chi connectivity index (χ2n) is 4.45. The van der Waals surface area contributed by atoms with Gasteiger partial charge in [0.05, 0.1) is 13.2 Å². The molecule has 0 amide bonds. The van der Waals surface area contributed by atoms with E-state index in [1.54, 1.807) is 6.07 Å². The number of rotatable bonds is 5. The van der Waals surface area contributed by atoms with Gasteiger partial charge in [-0.1, -0.05) is 0 Å². The number of morpholine rings is 1. The SMILES string of the molecule is Cc1cc(C=O)ccc1OCCN1CCOCC1. The predicted molar refractivity (Wildman–Crippen MR) is 69.3 cm³/mol. The normalized spacial score (nSPS) is 16.5. The third-order valence-electron chi connectivity index (χ3n) is 3.10. The first-order valence-corrected chi connectivity index (χ1v) is 6.28. The molecule has 18 heavy (non-hydrogen) atoms. The molecule has 0 spiro atoms. The molecule has 1 saturated heterocycles. The van der Waals surface area contributed by atoms with Gasteiger partial charge in [-0.3, -0.25) is 9.69 Å². The summed E-state index contributed by atoms with van der Waals surface area (Å²) in [7, 11) is 0. The summed E-state index contributed by atoms with van der Waals surface area (Å²) in [6.07, 6.45) is 0.852. The van der Waals surface area contributed by atoms with E-state index >= 15 is 0 Å². The molecule has 1 heterocycles. The lowest BCUT2D eigenvalue weighted by Crippen LogP contribution is -2.38. The van der Waals surface area contributed by atoms with Gasteiger partial charge in [0.25, 0.3) is 0 Å². The first-order chi connectivity index (χ1) is 8.79. The van der Waals surface area contributed by atoms with E-state index in [0.717, 1.165) is 50.4 Å². The van der Waals surface area contributed by atoms with Crippen molar-refractivity contribution >= 4 is 6.29 Å². The number of benzene rings is 1. The molecular weight excluding hydrogens is 230 g/mol. The highest BCUT2D eigenvalue weighted by Crippen LogP contribution is 2.18. The van der Waals surface area contributed by atoms with Crippen molar-refractivity contribution in [2.45, 2.75) is 6.92 Å². The molecule has 98 valence electrons. The minimum atomic E-state index is 0.668. The van der Waals surface area contributed by atoms with E-state index in [1.165, 1.54) is 0 Å². The Hall–Kier alpha value is -1.39. The van der Waals surface area contributed by atoms with Gasteiger partial charge in [0.2, 0.25) is 0 Å². The van der Waals surface area contributed by atoms with Gasteiger partial charge in [-0.2, -0.15) is 0 Å². The van der Waals surface area contributed by atoms with Crippen molar-refractivity contribution in [3.05, 3.63) is 29.3 Å². The molecule has 4 heteroatoms. The number of nitrogens with zero attached hydrogens (tertiary/aromatic N) is 1. The number of hydrogen-bond donors (Lipinski definition) is 0. The number of ether oxygens (including phenoxy) is 2. The van der Waals surface area contributed by atoms with Gasteiger partial charge in [0.15, 0.2) is 0 Å². The molecule has 0 aliphatic carbocycles. The number of aryl methyl sites for hydroxylation is 1. The Labute approximate surface area is 107 Å². The number of carbonyl (C=O) groups excluding carboxylic acids is 1. The molecule has 1 fully saturated rings. The van der Waals surface area contributed by atoms with E-state index in [1.807, 2.05) is 19.1 Å². The molecule has 0 radical (unpaired) electrons. The molecule has 0 saturated carbocycles. The standard InChI is InChI=1S/C14H19NO3/c1-12-10-13(11-16)2-3-14(12)18-9-6-15-4-7-17-8-5-15/h2-3,10-11H,4-9H2,1H3. The Morgan fingerprint density at radius 2 is 2.17 bits per heavy atom. The maximum absolute atomic E-state index is 10.6. The van der Waals surface area contributed by atoms with Crippen LogP contribution in [-0.4, -0.2) is 50.6 Å². The zero-order valence-corrected chi connectivity index (χ0v) is 10.7. The molecule has 0 bridgehead atoms. The minimum absolute atomic E-state index is 0.668. The summed E-state index contributed by atoms with van der Waals surface area (Å²) in [6.45, 7) is 7.12. The summed E-state index contributed by atoms with van der Waals surface area (Å²) in [5, 5.41) is 0. The quantitative estimate of drug-likeness (QED) is 0.742. The molecule has 1 aliphatic heterocycles. The van der Waals surface area contributed by atoms with Gasteiger partial charge in [-0.15, -0.1) is 0 Å². The van der Waals surface area contributed by atoms with Gasteiger partial charge >= 0.3 is 0 Å². The Bertz CT molecular complexity index is 400. The fourth-order valence-corrected chi connectivity index (χ4v) is 2.02. The van der Waals surface area contributed by atoms with Gasteiger partial charge in [0.1, 0.15) is 18.6 Å². The Balaban J connectivity index is 1.80. The van der Waals surface area contributed by atoms with E-state index in [9.17, 15) is 4.79 Å². The first-order valence-electron chi connectivity index (χ1n) is 6.28. The molecule has 0 unspecified atom stereocenters. The lowest BCUT2D eigenvalue weighted by atomic mass is 10.1. The second kappa shape index (κ2) is 6.52. The topological polar surface area (TPSA) is 38.8 Å². The molecular formula is C14H19NO3. The fourth-order valence-electron chi connectivity index (χ4n) is 2.02.